The molecule has 0 radical (unpaired) electrons. The molecule has 1 saturated heterocycles. The van der Waals surface area contributed by atoms with Crippen LogP contribution < -0.4 is 10.6 Å². The number of aryl methyl sites for hydroxylation is 2. The number of aromatic nitrogens is 1. The van der Waals surface area contributed by atoms with Gasteiger partial charge in [0.15, 0.2) is 0 Å². The lowest BCUT2D eigenvalue weighted by Crippen LogP contribution is -2.59. The van der Waals surface area contributed by atoms with E-state index in [0.717, 1.165) is 42.1 Å². The first-order chi connectivity index (χ1) is 16.8. The van der Waals surface area contributed by atoms with Crippen LogP contribution in [0.3, 0.4) is 0 Å². The van der Waals surface area contributed by atoms with E-state index in [2.05, 4.69) is 23.6 Å². The minimum absolute atomic E-state index is 0.00447. The molecule has 1 aromatic heterocycles. The van der Waals surface area contributed by atoms with Gasteiger partial charge in [0.2, 0.25) is 11.8 Å². The second kappa shape index (κ2) is 10.8. The summed E-state index contributed by atoms with van der Waals surface area (Å²) >= 11 is 0. The average molecular weight is 482 g/mol. The molecule has 1 saturated carbocycles. The molecule has 2 unspecified atom stereocenters. The fourth-order valence-corrected chi connectivity index (χ4v) is 5.57. The van der Waals surface area contributed by atoms with Gasteiger partial charge in [0.25, 0.3) is 5.91 Å². The van der Waals surface area contributed by atoms with Crippen molar-refractivity contribution in [3.63, 3.8) is 0 Å². The van der Waals surface area contributed by atoms with Gasteiger partial charge in [0.1, 0.15) is 11.7 Å². The lowest BCUT2D eigenvalue weighted by Gasteiger charge is -2.39. The minimum atomic E-state index is -0.498. The van der Waals surface area contributed by atoms with Gasteiger partial charge in [-0.3, -0.25) is 14.4 Å². The highest BCUT2D eigenvalue weighted by Gasteiger charge is 2.36. The highest BCUT2D eigenvalue weighted by atomic mass is 16.2. The summed E-state index contributed by atoms with van der Waals surface area (Å²) in [6, 6.07) is 7.20. The molecular weight excluding hydrogens is 442 g/mol. The maximum absolute atomic E-state index is 13.6. The quantitative estimate of drug-likeness (QED) is 0.664. The van der Waals surface area contributed by atoms with Crippen LogP contribution in [0.15, 0.2) is 24.3 Å². The van der Waals surface area contributed by atoms with Gasteiger partial charge in [-0.15, -0.1) is 0 Å². The van der Waals surface area contributed by atoms with Crippen molar-refractivity contribution in [2.45, 2.75) is 58.0 Å². The predicted molar refractivity (Wildman–Crippen MR) is 137 cm³/mol. The zero-order valence-corrected chi connectivity index (χ0v) is 21.5. The lowest BCUT2D eigenvalue weighted by atomic mass is 9.83. The Hall–Kier alpha value is -2.87. The molecular formula is C27H39N5O3. The normalized spacial score (nSPS) is 19.0. The Morgan fingerprint density at radius 2 is 1.66 bits per heavy atom. The first kappa shape index (κ1) is 25.2. The summed E-state index contributed by atoms with van der Waals surface area (Å²) < 4.78 is 1.97. The fraction of sp³-hybridized carbons (Fsp3) is 0.593. The molecule has 2 fully saturated rings. The SMILES string of the molecule is CNC(C)C(=O)NC(C(=O)N1CCN(C(=O)c2cc3cccc(C)c3n2C)CC1)C1CCCCC1. The number of carbonyl (C=O) groups excluding carboxylic acids is 3. The average Bonchev–Trinajstić information content (AvgIpc) is 3.23. The van der Waals surface area contributed by atoms with Crippen LogP contribution in [0.2, 0.25) is 0 Å². The smallest absolute Gasteiger partial charge is 0.270 e. The number of benzene rings is 1. The first-order valence-corrected chi connectivity index (χ1v) is 12.9. The van der Waals surface area contributed by atoms with E-state index >= 15 is 0 Å². The molecule has 2 heterocycles. The predicted octanol–water partition coefficient (Wildman–Crippen LogP) is 2.44. The number of amides is 3. The van der Waals surface area contributed by atoms with Crippen LogP contribution in [-0.4, -0.2) is 77.4 Å². The van der Waals surface area contributed by atoms with Crippen molar-refractivity contribution >= 4 is 28.6 Å². The zero-order chi connectivity index (χ0) is 25.1. The van der Waals surface area contributed by atoms with Gasteiger partial charge in [0, 0.05) is 38.6 Å². The maximum Gasteiger partial charge on any atom is 0.270 e. The van der Waals surface area contributed by atoms with Crippen LogP contribution in [0.5, 0.6) is 0 Å². The van der Waals surface area contributed by atoms with E-state index in [4.69, 9.17) is 0 Å². The van der Waals surface area contributed by atoms with Crippen LogP contribution in [0, 0.1) is 12.8 Å². The molecule has 190 valence electrons. The Morgan fingerprint density at radius 1 is 1.00 bits per heavy atom. The van der Waals surface area contributed by atoms with Gasteiger partial charge in [-0.2, -0.15) is 0 Å². The summed E-state index contributed by atoms with van der Waals surface area (Å²) in [6.45, 7) is 5.80. The number of carbonyl (C=O) groups is 3. The van der Waals surface area contributed by atoms with Gasteiger partial charge in [-0.25, -0.2) is 0 Å². The van der Waals surface area contributed by atoms with Gasteiger partial charge in [-0.05, 0) is 51.3 Å². The van der Waals surface area contributed by atoms with Crippen molar-refractivity contribution in [3.05, 3.63) is 35.5 Å². The first-order valence-electron chi connectivity index (χ1n) is 12.9. The maximum atomic E-state index is 13.6. The Balaban J connectivity index is 1.44. The Labute approximate surface area is 208 Å². The van der Waals surface area contributed by atoms with Gasteiger partial charge in [-0.1, -0.05) is 37.5 Å². The Bertz CT molecular complexity index is 1080. The molecule has 2 aliphatic rings. The molecule has 2 aromatic rings. The van der Waals surface area contributed by atoms with Crippen molar-refractivity contribution in [1.29, 1.82) is 0 Å². The third kappa shape index (κ3) is 5.22. The molecule has 0 bridgehead atoms. The third-order valence-corrected chi connectivity index (χ3v) is 7.87. The largest absolute Gasteiger partial charge is 0.343 e. The third-order valence-electron chi connectivity index (χ3n) is 7.87. The molecule has 2 N–H and O–H groups in total. The molecule has 2 atom stereocenters. The number of likely N-dealkylation sites (N-methyl/N-ethyl adjacent to an activating group) is 1. The van der Waals surface area contributed by atoms with E-state index < -0.39 is 6.04 Å². The van der Waals surface area contributed by atoms with Crippen molar-refractivity contribution in [3.8, 4) is 0 Å². The summed E-state index contributed by atoms with van der Waals surface area (Å²) in [5.74, 6) is 0.00955. The van der Waals surface area contributed by atoms with Crippen LogP contribution in [0.4, 0.5) is 0 Å². The number of fused-ring (bicyclic) bond motifs is 1. The molecule has 3 amide bonds. The second-order valence-electron chi connectivity index (χ2n) is 10.1. The van der Waals surface area contributed by atoms with E-state index in [1.807, 2.05) is 39.6 Å². The van der Waals surface area contributed by atoms with E-state index in [9.17, 15) is 14.4 Å². The van der Waals surface area contributed by atoms with E-state index in [0.29, 0.717) is 31.9 Å². The summed E-state index contributed by atoms with van der Waals surface area (Å²) in [5.41, 5.74) is 2.89. The molecule has 1 aliphatic carbocycles. The number of para-hydroxylation sites is 1. The summed E-state index contributed by atoms with van der Waals surface area (Å²) in [5, 5.41) is 7.07. The Kier molecular flexibility index (Phi) is 7.79. The van der Waals surface area contributed by atoms with E-state index in [1.54, 1.807) is 14.0 Å². The van der Waals surface area contributed by atoms with E-state index in [-0.39, 0.29) is 29.7 Å². The highest BCUT2D eigenvalue weighted by molar-refractivity contribution is 5.99. The fourth-order valence-electron chi connectivity index (χ4n) is 5.57. The number of rotatable bonds is 6. The van der Waals surface area contributed by atoms with Crippen molar-refractivity contribution in [2.75, 3.05) is 33.2 Å². The molecule has 35 heavy (non-hydrogen) atoms. The van der Waals surface area contributed by atoms with Gasteiger partial charge in [0.05, 0.1) is 11.6 Å². The minimum Gasteiger partial charge on any atom is -0.343 e. The van der Waals surface area contributed by atoms with Crippen LogP contribution in [0.1, 0.15) is 55.1 Å². The number of nitrogens with one attached hydrogen (secondary N) is 2. The monoisotopic (exact) mass is 481 g/mol. The number of hydrogen-bond donors (Lipinski definition) is 2. The van der Waals surface area contributed by atoms with Gasteiger partial charge >= 0.3 is 0 Å². The molecule has 8 heteroatoms. The van der Waals surface area contributed by atoms with Crippen molar-refractivity contribution < 1.29 is 14.4 Å². The number of hydrogen-bond acceptors (Lipinski definition) is 4. The highest BCUT2D eigenvalue weighted by Crippen LogP contribution is 2.28. The molecule has 8 nitrogen and oxygen atoms in total. The van der Waals surface area contributed by atoms with Crippen molar-refractivity contribution in [1.82, 2.24) is 25.0 Å². The lowest BCUT2D eigenvalue weighted by molar-refractivity contribution is -0.140. The van der Waals surface area contributed by atoms with Crippen LogP contribution in [-0.2, 0) is 16.6 Å². The van der Waals surface area contributed by atoms with E-state index in [1.165, 1.54) is 6.42 Å². The zero-order valence-electron chi connectivity index (χ0n) is 21.5. The number of nitrogens with zero attached hydrogens (tertiary/aromatic N) is 3. The van der Waals surface area contributed by atoms with Gasteiger partial charge < -0.3 is 25.0 Å². The number of piperazine rings is 1. The second-order valence-corrected chi connectivity index (χ2v) is 10.1. The topological polar surface area (TPSA) is 86.7 Å². The molecule has 0 spiro atoms. The molecule has 1 aromatic carbocycles. The van der Waals surface area contributed by atoms with Crippen LogP contribution >= 0.6 is 0 Å². The summed E-state index contributed by atoms with van der Waals surface area (Å²) in [6.07, 6.45) is 5.30. The summed E-state index contributed by atoms with van der Waals surface area (Å²) in [4.78, 5) is 43.2. The molecule has 1 aliphatic heterocycles. The summed E-state index contributed by atoms with van der Waals surface area (Å²) in [7, 11) is 3.68. The Morgan fingerprint density at radius 3 is 2.29 bits per heavy atom. The molecule has 4 rings (SSSR count). The van der Waals surface area contributed by atoms with Crippen LogP contribution in [0.25, 0.3) is 10.9 Å². The standard InChI is InChI=1S/C27H39N5O3/c1-18-9-8-12-21-17-22(30(4)24(18)21)26(34)31-13-15-32(16-14-31)27(35)23(20-10-6-5-7-11-20)29-25(33)19(2)28-3/h8-9,12,17,19-20,23,28H,5-7,10-11,13-16H2,1-4H3,(H,29,33). The van der Waals surface area contributed by atoms with Crippen molar-refractivity contribution in [2.24, 2.45) is 13.0 Å².